The van der Waals surface area contributed by atoms with E-state index in [9.17, 15) is 14.7 Å². The van der Waals surface area contributed by atoms with E-state index in [1.54, 1.807) is 36.4 Å². The van der Waals surface area contributed by atoms with Gasteiger partial charge in [-0.15, -0.1) is 4.68 Å². The third kappa shape index (κ3) is 2.49. The number of benzene rings is 3. The highest BCUT2D eigenvalue weighted by molar-refractivity contribution is 5.97. The number of aromatic hydroxyl groups is 1. The van der Waals surface area contributed by atoms with Crippen molar-refractivity contribution in [3.8, 4) is 5.75 Å². The number of aromatic amines is 1. The van der Waals surface area contributed by atoms with E-state index in [2.05, 4.69) is 10.1 Å². The predicted octanol–water partition coefficient (Wildman–Crippen LogP) is 2.43. The van der Waals surface area contributed by atoms with Gasteiger partial charge < -0.3 is 10.1 Å². The van der Waals surface area contributed by atoms with Crippen molar-refractivity contribution in [2.24, 2.45) is 5.10 Å². The van der Waals surface area contributed by atoms with Crippen molar-refractivity contribution in [2.75, 3.05) is 0 Å². The molecule has 6 nitrogen and oxygen atoms in total. The topological polar surface area (TPSA) is 87.5 Å². The van der Waals surface area contributed by atoms with Gasteiger partial charge in [-0.3, -0.25) is 4.79 Å². The lowest BCUT2D eigenvalue weighted by molar-refractivity contribution is 0.480. The van der Waals surface area contributed by atoms with Gasteiger partial charge in [0, 0.05) is 10.9 Å². The molecule has 0 aliphatic rings. The van der Waals surface area contributed by atoms with Crippen LogP contribution in [-0.4, -0.2) is 21.0 Å². The summed E-state index contributed by atoms with van der Waals surface area (Å²) in [4.78, 5) is 27.1. The Morgan fingerprint density at radius 3 is 2.48 bits per heavy atom. The van der Waals surface area contributed by atoms with Gasteiger partial charge in [-0.2, -0.15) is 5.10 Å². The summed E-state index contributed by atoms with van der Waals surface area (Å²) in [6.45, 7) is 0. The molecule has 0 unspecified atom stereocenters. The standard InChI is InChI=1S/C19H13N3O3/c23-17-13(10-9-12-5-1-2-6-14(12)17)11-20-22-18(24)15-7-3-4-8-16(15)21-19(22)25/h1-11,23H,(H,21,25)/b20-11+. The van der Waals surface area contributed by atoms with E-state index in [1.807, 2.05) is 24.3 Å². The molecule has 0 amide bonds. The number of H-pyrrole nitrogens is 1. The number of hydrogen-bond acceptors (Lipinski definition) is 4. The van der Waals surface area contributed by atoms with Crippen LogP contribution in [0.15, 0.2) is 75.4 Å². The van der Waals surface area contributed by atoms with Crippen molar-refractivity contribution in [1.82, 2.24) is 9.66 Å². The van der Waals surface area contributed by atoms with Crippen LogP contribution in [0.4, 0.5) is 0 Å². The zero-order valence-corrected chi connectivity index (χ0v) is 13.0. The number of hydrogen-bond donors (Lipinski definition) is 2. The van der Waals surface area contributed by atoms with Crippen LogP contribution in [0.2, 0.25) is 0 Å². The smallest absolute Gasteiger partial charge is 0.349 e. The van der Waals surface area contributed by atoms with Crippen molar-refractivity contribution in [3.05, 3.63) is 87.1 Å². The van der Waals surface area contributed by atoms with Crippen LogP contribution in [0, 0.1) is 0 Å². The van der Waals surface area contributed by atoms with Gasteiger partial charge in [0.2, 0.25) is 0 Å². The van der Waals surface area contributed by atoms with Crippen molar-refractivity contribution >= 4 is 27.9 Å². The van der Waals surface area contributed by atoms with E-state index in [0.29, 0.717) is 21.9 Å². The molecule has 0 fully saturated rings. The molecule has 1 heterocycles. The first-order chi connectivity index (χ1) is 12.1. The fourth-order valence-corrected chi connectivity index (χ4v) is 2.75. The van der Waals surface area contributed by atoms with Gasteiger partial charge in [0.1, 0.15) is 5.75 Å². The Balaban J connectivity index is 1.86. The van der Waals surface area contributed by atoms with Gasteiger partial charge in [0.25, 0.3) is 5.56 Å². The Hall–Kier alpha value is -3.67. The van der Waals surface area contributed by atoms with E-state index in [-0.39, 0.29) is 5.75 Å². The molecule has 25 heavy (non-hydrogen) atoms. The molecular formula is C19H13N3O3. The van der Waals surface area contributed by atoms with Gasteiger partial charge in [-0.1, -0.05) is 42.5 Å². The van der Waals surface area contributed by atoms with E-state index in [1.165, 1.54) is 6.21 Å². The molecule has 4 rings (SSSR count). The molecule has 4 aromatic rings. The molecule has 6 heteroatoms. The number of nitrogens with zero attached hydrogens (tertiary/aromatic N) is 2. The molecule has 0 aliphatic carbocycles. The van der Waals surface area contributed by atoms with Crippen LogP contribution in [0.5, 0.6) is 5.75 Å². The maximum atomic E-state index is 12.4. The second-order valence-corrected chi connectivity index (χ2v) is 5.56. The van der Waals surface area contributed by atoms with Crippen molar-refractivity contribution in [3.63, 3.8) is 0 Å². The average molecular weight is 331 g/mol. The predicted molar refractivity (Wildman–Crippen MR) is 97.4 cm³/mol. The van der Waals surface area contributed by atoms with Crippen molar-refractivity contribution in [2.45, 2.75) is 0 Å². The Morgan fingerprint density at radius 2 is 1.64 bits per heavy atom. The average Bonchev–Trinajstić information content (AvgIpc) is 2.63. The molecule has 0 radical (unpaired) electrons. The maximum absolute atomic E-state index is 12.4. The Bertz CT molecular complexity index is 1250. The van der Waals surface area contributed by atoms with Gasteiger partial charge in [0.05, 0.1) is 17.1 Å². The molecule has 122 valence electrons. The van der Waals surface area contributed by atoms with Gasteiger partial charge >= 0.3 is 5.69 Å². The number of phenolic OH excluding ortho intramolecular Hbond substituents is 1. The number of nitrogens with one attached hydrogen (secondary N) is 1. The largest absolute Gasteiger partial charge is 0.507 e. The summed E-state index contributed by atoms with van der Waals surface area (Å²) in [5, 5.41) is 16.3. The lowest BCUT2D eigenvalue weighted by Crippen LogP contribution is -2.32. The van der Waals surface area contributed by atoms with Gasteiger partial charge in [0.15, 0.2) is 0 Å². The second-order valence-electron chi connectivity index (χ2n) is 5.56. The first-order valence-corrected chi connectivity index (χ1v) is 7.64. The zero-order valence-electron chi connectivity index (χ0n) is 13.0. The molecule has 0 saturated heterocycles. The maximum Gasteiger partial charge on any atom is 0.349 e. The minimum absolute atomic E-state index is 0.0483. The number of rotatable bonds is 2. The van der Waals surface area contributed by atoms with E-state index in [0.717, 1.165) is 10.1 Å². The summed E-state index contributed by atoms with van der Waals surface area (Å²) in [5.74, 6) is 0.0483. The third-order valence-electron chi connectivity index (χ3n) is 4.03. The van der Waals surface area contributed by atoms with Crippen LogP contribution in [0.25, 0.3) is 21.7 Å². The second kappa shape index (κ2) is 5.76. The lowest BCUT2D eigenvalue weighted by atomic mass is 10.1. The fraction of sp³-hybridized carbons (Fsp3) is 0. The Labute approximate surface area is 141 Å². The van der Waals surface area contributed by atoms with E-state index < -0.39 is 11.2 Å². The van der Waals surface area contributed by atoms with Crippen LogP contribution in [-0.2, 0) is 0 Å². The highest BCUT2D eigenvalue weighted by Crippen LogP contribution is 2.27. The molecule has 3 aromatic carbocycles. The van der Waals surface area contributed by atoms with Gasteiger partial charge in [-0.25, -0.2) is 4.79 Å². The first kappa shape index (κ1) is 14.9. The summed E-state index contributed by atoms with van der Waals surface area (Å²) in [6, 6.07) is 17.6. The summed E-state index contributed by atoms with van der Waals surface area (Å²) in [5.41, 5.74) is -0.285. The van der Waals surface area contributed by atoms with Crippen molar-refractivity contribution < 1.29 is 5.11 Å². The van der Waals surface area contributed by atoms with Crippen LogP contribution in [0.1, 0.15) is 5.56 Å². The number of aromatic nitrogens is 2. The Kier molecular flexibility index (Phi) is 3.43. The Morgan fingerprint density at radius 1 is 0.920 bits per heavy atom. The summed E-state index contributed by atoms with van der Waals surface area (Å²) >= 11 is 0. The third-order valence-corrected chi connectivity index (χ3v) is 4.03. The highest BCUT2D eigenvalue weighted by Gasteiger charge is 2.07. The number of para-hydroxylation sites is 1. The first-order valence-electron chi connectivity index (χ1n) is 7.64. The molecule has 0 spiro atoms. The van der Waals surface area contributed by atoms with Crippen molar-refractivity contribution in [1.29, 1.82) is 0 Å². The summed E-state index contributed by atoms with van der Waals surface area (Å²) in [6.07, 6.45) is 1.30. The molecule has 0 atom stereocenters. The van der Waals surface area contributed by atoms with Crippen LogP contribution >= 0.6 is 0 Å². The molecule has 0 aliphatic heterocycles. The number of fused-ring (bicyclic) bond motifs is 2. The fourth-order valence-electron chi connectivity index (χ4n) is 2.75. The molecule has 0 saturated carbocycles. The normalized spacial score (nSPS) is 11.5. The molecular weight excluding hydrogens is 318 g/mol. The molecule has 1 aromatic heterocycles. The van der Waals surface area contributed by atoms with E-state index in [4.69, 9.17) is 0 Å². The SMILES string of the molecule is O=c1[nH]c2ccccc2c(=O)n1/N=C/c1ccc2ccccc2c1O. The lowest BCUT2D eigenvalue weighted by Gasteiger charge is -2.04. The highest BCUT2D eigenvalue weighted by atomic mass is 16.3. The van der Waals surface area contributed by atoms with E-state index >= 15 is 0 Å². The molecule has 0 bridgehead atoms. The summed E-state index contributed by atoms with van der Waals surface area (Å²) < 4.78 is 0.747. The van der Waals surface area contributed by atoms with Crippen LogP contribution in [0.3, 0.4) is 0 Å². The van der Waals surface area contributed by atoms with Gasteiger partial charge in [-0.05, 0) is 23.6 Å². The minimum atomic E-state index is -0.639. The number of phenols is 1. The molecule has 2 N–H and O–H groups in total. The zero-order chi connectivity index (χ0) is 17.4. The minimum Gasteiger partial charge on any atom is -0.507 e. The summed E-state index contributed by atoms with van der Waals surface area (Å²) in [7, 11) is 0. The van der Waals surface area contributed by atoms with Crippen LogP contribution < -0.4 is 11.2 Å². The quantitative estimate of drug-likeness (QED) is 0.553. The monoisotopic (exact) mass is 331 g/mol.